The van der Waals surface area contributed by atoms with Gasteiger partial charge in [0.2, 0.25) is 0 Å². The number of non-ortho nitro benzene ring substituents is 1. The van der Waals surface area contributed by atoms with E-state index in [1.807, 2.05) is 24.3 Å². The van der Waals surface area contributed by atoms with E-state index in [4.69, 9.17) is 4.42 Å². The Morgan fingerprint density at radius 1 is 1.09 bits per heavy atom. The SMILES string of the molecule is CCN(CC)c1ccc(N2C(=O)/C(=C/c3ccc(-c4ccc([N+](=O)[O-])cc4)o3)SC2S)cc1. The van der Waals surface area contributed by atoms with Gasteiger partial charge in [0.25, 0.3) is 11.6 Å². The minimum Gasteiger partial charge on any atom is -0.457 e. The van der Waals surface area contributed by atoms with Crippen molar-refractivity contribution in [2.45, 2.75) is 18.6 Å². The summed E-state index contributed by atoms with van der Waals surface area (Å²) >= 11 is 5.96. The van der Waals surface area contributed by atoms with E-state index in [-0.39, 0.29) is 16.3 Å². The Morgan fingerprint density at radius 3 is 2.36 bits per heavy atom. The van der Waals surface area contributed by atoms with Crippen molar-refractivity contribution in [2.75, 3.05) is 22.9 Å². The van der Waals surface area contributed by atoms with Crippen molar-refractivity contribution >= 4 is 53.4 Å². The maximum absolute atomic E-state index is 13.1. The molecule has 0 saturated carbocycles. The zero-order valence-corrected chi connectivity index (χ0v) is 19.9. The molecule has 7 nitrogen and oxygen atoms in total. The van der Waals surface area contributed by atoms with Crippen LogP contribution < -0.4 is 9.80 Å². The van der Waals surface area contributed by atoms with Gasteiger partial charge in [0.15, 0.2) is 0 Å². The first kappa shape index (κ1) is 23.0. The van der Waals surface area contributed by atoms with Crippen LogP contribution >= 0.6 is 24.4 Å². The average molecular weight is 482 g/mol. The van der Waals surface area contributed by atoms with Crippen molar-refractivity contribution in [3.05, 3.63) is 81.4 Å². The highest BCUT2D eigenvalue weighted by molar-refractivity contribution is 8.14. The predicted molar refractivity (Wildman–Crippen MR) is 137 cm³/mol. The second kappa shape index (κ2) is 9.76. The van der Waals surface area contributed by atoms with Gasteiger partial charge in [-0.05, 0) is 62.4 Å². The van der Waals surface area contributed by atoms with E-state index in [9.17, 15) is 14.9 Å². The summed E-state index contributed by atoms with van der Waals surface area (Å²) in [7, 11) is 0. The molecule has 0 bridgehead atoms. The number of carbonyl (C=O) groups excluding carboxylic acids is 1. The summed E-state index contributed by atoms with van der Waals surface area (Å²) < 4.78 is 5.52. The molecular formula is C24H23N3O4S2. The van der Waals surface area contributed by atoms with Crippen LogP contribution in [0.15, 0.2) is 70.0 Å². The van der Waals surface area contributed by atoms with Gasteiger partial charge in [-0.3, -0.25) is 19.8 Å². The van der Waals surface area contributed by atoms with Crippen molar-refractivity contribution in [2.24, 2.45) is 0 Å². The van der Waals surface area contributed by atoms with Gasteiger partial charge in [0.1, 0.15) is 16.2 Å². The number of thioether (sulfide) groups is 1. The number of hydrogen-bond acceptors (Lipinski definition) is 7. The molecule has 1 aliphatic rings. The van der Waals surface area contributed by atoms with Gasteiger partial charge in [-0.25, -0.2) is 0 Å². The lowest BCUT2D eigenvalue weighted by Crippen LogP contribution is -2.29. The monoisotopic (exact) mass is 481 g/mol. The fourth-order valence-corrected chi connectivity index (χ4v) is 5.16. The number of nitrogens with zero attached hydrogens (tertiary/aromatic N) is 3. The first-order valence-corrected chi connectivity index (χ1v) is 11.9. The minimum absolute atomic E-state index is 0.0191. The molecule has 33 heavy (non-hydrogen) atoms. The second-order valence-electron chi connectivity index (χ2n) is 7.32. The molecule has 3 aromatic rings. The highest BCUT2D eigenvalue weighted by Gasteiger charge is 2.35. The van der Waals surface area contributed by atoms with Gasteiger partial charge >= 0.3 is 0 Å². The molecule has 0 N–H and O–H groups in total. The Hall–Kier alpha value is -3.17. The number of nitro benzene ring substituents is 1. The summed E-state index contributed by atoms with van der Waals surface area (Å²) in [4.78, 5) is 27.9. The Labute approximate surface area is 201 Å². The van der Waals surface area contributed by atoms with E-state index in [0.717, 1.165) is 30.0 Å². The molecule has 1 aromatic heterocycles. The average Bonchev–Trinajstić information content (AvgIpc) is 3.39. The molecule has 4 rings (SSSR count). The summed E-state index contributed by atoms with van der Waals surface area (Å²) in [5.41, 5.74) is 2.64. The van der Waals surface area contributed by atoms with Crippen LogP contribution in [0.1, 0.15) is 19.6 Å². The second-order valence-corrected chi connectivity index (χ2v) is 9.28. The Balaban J connectivity index is 1.52. The zero-order chi connectivity index (χ0) is 23.5. The third kappa shape index (κ3) is 4.79. The molecule has 0 spiro atoms. The fourth-order valence-electron chi connectivity index (χ4n) is 3.65. The third-order valence-corrected chi connectivity index (χ3v) is 6.92. The number of benzene rings is 2. The van der Waals surface area contributed by atoms with Crippen LogP contribution in [0.25, 0.3) is 17.4 Å². The summed E-state index contributed by atoms with van der Waals surface area (Å²) in [5, 5.41) is 10.8. The van der Waals surface area contributed by atoms with Crippen LogP contribution in [0.5, 0.6) is 0 Å². The predicted octanol–water partition coefficient (Wildman–Crippen LogP) is 6.04. The Kier molecular flexibility index (Phi) is 6.80. The molecule has 1 amide bonds. The van der Waals surface area contributed by atoms with Gasteiger partial charge in [-0.15, -0.1) is 12.6 Å². The smallest absolute Gasteiger partial charge is 0.269 e. The van der Waals surface area contributed by atoms with Gasteiger partial charge in [-0.1, -0.05) is 11.8 Å². The lowest BCUT2D eigenvalue weighted by atomic mass is 10.1. The molecule has 1 fully saturated rings. The standard InChI is InChI=1S/C24H23N3O4S2/c1-3-25(4-2)17-9-11-18(12-10-17)26-23(28)22(33-24(26)32)15-20-13-14-21(31-20)16-5-7-19(8-6-16)27(29)30/h5-15,24,32H,3-4H2,1-2H3/b22-15-. The molecule has 9 heteroatoms. The van der Waals surface area contributed by atoms with E-state index in [1.165, 1.54) is 23.9 Å². The quantitative estimate of drug-likeness (QED) is 0.192. The van der Waals surface area contributed by atoms with Crippen molar-refractivity contribution in [1.82, 2.24) is 0 Å². The number of carbonyl (C=O) groups is 1. The number of anilines is 2. The highest BCUT2D eigenvalue weighted by Crippen LogP contribution is 2.41. The lowest BCUT2D eigenvalue weighted by Gasteiger charge is -2.23. The zero-order valence-electron chi connectivity index (χ0n) is 18.2. The van der Waals surface area contributed by atoms with Crippen molar-refractivity contribution in [1.29, 1.82) is 0 Å². The van der Waals surface area contributed by atoms with Gasteiger partial charge in [0.05, 0.1) is 9.83 Å². The van der Waals surface area contributed by atoms with Gasteiger partial charge < -0.3 is 9.32 Å². The minimum atomic E-state index is -0.443. The first-order chi connectivity index (χ1) is 15.9. The Bertz CT molecular complexity index is 1190. The van der Waals surface area contributed by atoms with Crippen LogP contribution in [-0.2, 0) is 4.79 Å². The lowest BCUT2D eigenvalue weighted by molar-refractivity contribution is -0.384. The number of thiol groups is 1. The van der Waals surface area contributed by atoms with Crippen LogP contribution in [0, 0.1) is 10.1 Å². The van der Waals surface area contributed by atoms with Crippen LogP contribution in [0.2, 0.25) is 0 Å². The van der Waals surface area contributed by atoms with E-state index in [2.05, 4.69) is 31.4 Å². The normalized spacial score (nSPS) is 17.1. The fraction of sp³-hybridized carbons (Fsp3) is 0.208. The summed E-state index contributed by atoms with van der Waals surface area (Å²) in [6, 6.07) is 17.6. The number of nitro groups is 1. The van der Waals surface area contributed by atoms with E-state index >= 15 is 0 Å². The van der Waals surface area contributed by atoms with Crippen LogP contribution in [-0.4, -0.2) is 28.6 Å². The molecule has 1 atom stereocenters. The van der Waals surface area contributed by atoms with Crippen molar-refractivity contribution in [3.8, 4) is 11.3 Å². The maximum Gasteiger partial charge on any atom is 0.269 e. The van der Waals surface area contributed by atoms with E-state index in [1.54, 1.807) is 35.2 Å². The summed E-state index contributed by atoms with van der Waals surface area (Å²) in [6.45, 7) is 6.06. The molecular weight excluding hydrogens is 458 g/mol. The number of amides is 1. The first-order valence-electron chi connectivity index (χ1n) is 10.5. The molecule has 0 radical (unpaired) electrons. The number of furan rings is 1. The van der Waals surface area contributed by atoms with Gasteiger partial charge in [0, 0.05) is 48.2 Å². The molecule has 1 unspecified atom stereocenters. The molecule has 1 aliphatic heterocycles. The third-order valence-electron chi connectivity index (χ3n) is 5.40. The molecule has 2 heterocycles. The molecule has 1 saturated heterocycles. The number of rotatable bonds is 7. The molecule has 2 aromatic carbocycles. The maximum atomic E-state index is 13.1. The largest absolute Gasteiger partial charge is 0.457 e. The van der Waals surface area contributed by atoms with Gasteiger partial charge in [-0.2, -0.15) is 0 Å². The summed E-state index contributed by atoms with van der Waals surface area (Å²) in [5.74, 6) is 0.959. The van der Waals surface area contributed by atoms with E-state index in [0.29, 0.717) is 16.4 Å². The number of hydrogen-bond donors (Lipinski definition) is 1. The van der Waals surface area contributed by atoms with E-state index < -0.39 is 4.92 Å². The van der Waals surface area contributed by atoms with Crippen molar-refractivity contribution < 1.29 is 14.1 Å². The summed E-state index contributed by atoms with van der Waals surface area (Å²) in [6.07, 6.45) is 1.70. The topological polar surface area (TPSA) is 79.8 Å². The van der Waals surface area contributed by atoms with Crippen molar-refractivity contribution in [3.63, 3.8) is 0 Å². The highest BCUT2D eigenvalue weighted by atomic mass is 32.2. The Morgan fingerprint density at radius 2 is 1.76 bits per heavy atom. The van der Waals surface area contributed by atoms with Crippen LogP contribution in [0.3, 0.4) is 0 Å². The molecule has 170 valence electrons. The van der Waals surface area contributed by atoms with Crippen LogP contribution in [0.4, 0.5) is 17.1 Å². The molecule has 0 aliphatic carbocycles.